The van der Waals surface area contributed by atoms with Crippen LogP contribution in [0.3, 0.4) is 0 Å². The highest BCUT2D eigenvalue weighted by Gasteiger charge is 2.27. The fraction of sp³-hybridized carbons (Fsp3) is 0.500. The lowest BCUT2D eigenvalue weighted by Gasteiger charge is -2.30. The van der Waals surface area contributed by atoms with Crippen LogP contribution in [0.25, 0.3) is 0 Å². The van der Waals surface area contributed by atoms with Gasteiger partial charge >= 0.3 is 0 Å². The molecule has 0 fully saturated rings. The molecule has 2 aromatic rings. The molecule has 0 bridgehead atoms. The van der Waals surface area contributed by atoms with Gasteiger partial charge in [-0.05, 0) is 70.4 Å². The summed E-state index contributed by atoms with van der Waals surface area (Å²) in [6.45, 7) is 10.5. The minimum atomic E-state index is -3.56. The van der Waals surface area contributed by atoms with Gasteiger partial charge in [0, 0.05) is 25.6 Å². The molecule has 1 N–H and O–H groups in total. The number of carbonyl (C=O) groups excluding carboxylic acids is 2. The van der Waals surface area contributed by atoms with E-state index < -0.39 is 16.1 Å². The van der Waals surface area contributed by atoms with E-state index in [1.54, 1.807) is 36.1 Å². The molecule has 37 heavy (non-hydrogen) atoms. The number of rotatable bonds is 14. The number of benzene rings is 2. The molecule has 8 nitrogen and oxygen atoms in total. The van der Waals surface area contributed by atoms with Gasteiger partial charge in [-0.2, -0.15) is 0 Å². The summed E-state index contributed by atoms with van der Waals surface area (Å²) >= 11 is 0. The topological polar surface area (TPSA) is 96.0 Å². The second kappa shape index (κ2) is 14.0. The second-order valence-corrected chi connectivity index (χ2v) is 11.3. The maximum absolute atomic E-state index is 13.4. The van der Waals surface area contributed by atoms with Crippen molar-refractivity contribution in [2.24, 2.45) is 0 Å². The minimum Gasteiger partial charge on any atom is -0.494 e. The first-order valence-corrected chi connectivity index (χ1v) is 14.7. The first kappa shape index (κ1) is 30.2. The van der Waals surface area contributed by atoms with Crippen LogP contribution in [0.2, 0.25) is 0 Å². The van der Waals surface area contributed by atoms with Crippen molar-refractivity contribution in [2.75, 3.05) is 23.7 Å². The number of nitrogens with zero attached hydrogens (tertiary/aromatic N) is 2. The number of hydrogen-bond donors (Lipinski definition) is 1. The van der Waals surface area contributed by atoms with Crippen LogP contribution in [-0.2, 0) is 26.2 Å². The summed E-state index contributed by atoms with van der Waals surface area (Å²) < 4.78 is 31.7. The number of anilines is 1. The van der Waals surface area contributed by atoms with Crippen molar-refractivity contribution in [1.29, 1.82) is 0 Å². The fourth-order valence-electron chi connectivity index (χ4n) is 3.82. The van der Waals surface area contributed by atoms with E-state index in [0.717, 1.165) is 23.8 Å². The summed E-state index contributed by atoms with van der Waals surface area (Å²) in [7, 11) is -3.56. The van der Waals surface area contributed by atoms with E-state index in [0.29, 0.717) is 31.0 Å². The summed E-state index contributed by atoms with van der Waals surface area (Å²) in [5.74, 6) is 0.251. The molecular weight excluding hydrogens is 490 g/mol. The first-order valence-electron chi connectivity index (χ1n) is 12.8. The van der Waals surface area contributed by atoms with E-state index in [9.17, 15) is 18.0 Å². The molecule has 2 atom stereocenters. The Morgan fingerprint density at radius 1 is 1.00 bits per heavy atom. The van der Waals surface area contributed by atoms with Gasteiger partial charge in [-0.3, -0.25) is 13.9 Å². The Labute approximate surface area is 222 Å². The lowest BCUT2D eigenvalue weighted by molar-refractivity contribution is -0.140. The van der Waals surface area contributed by atoms with Crippen LogP contribution in [0, 0.1) is 6.92 Å². The fourth-order valence-corrected chi connectivity index (χ4v) is 4.78. The van der Waals surface area contributed by atoms with E-state index >= 15 is 0 Å². The largest absolute Gasteiger partial charge is 0.494 e. The van der Waals surface area contributed by atoms with E-state index in [1.165, 1.54) is 4.31 Å². The quantitative estimate of drug-likeness (QED) is 0.393. The van der Waals surface area contributed by atoms with E-state index in [4.69, 9.17) is 4.74 Å². The molecule has 0 aromatic heterocycles. The Morgan fingerprint density at radius 3 is 2.16 bits per heavy atom. The van der Waals surface area contributed by atoms with Crippen molar-refractivity contribution in [3.63, 3.8) is 0 Å². The lowest BCUT2D eigenvalue weighted by atomic mass is 10.1. The van der Waals surface area contributed by atoms with E-state index in [1.807, 2.05) is 52.0 Å². The van der Waals surface area contributed by atoms with Gasteiger partial charge in [-0.15, -0.1) is 0 Å². The van der Waals surface area contributed by atoms with Crippen LogP contribution in [0.4, 0.5) is 5.69 Å². The standard InChI is InChI=1S/C28H41N3O5S/c1-7-22(4)29-28(33)23(5)30(20-24-13-11-21(3)12-14-24)27(32)10-9-19-31(37(6,34)35)25-15-17-26(18-16-25)36-8-2/h11-18,22-23H,7-10,19-20H2,1-6H3,(H,29,33)/t22-,23-/m1/s1. The number of hydrogen-bond acceptors (Lipinski definition) is 5. The monoisotopic (exact) mass is 531 g/mol. The highest BCUT2D eigenvalue weighted by atomic mass is 32.2. The van der Waals surface area contributed by atoms with Crippen molar-refractivity contribution in [1.82, 2.24) is 10.2 Å². The number of ether oxygens (including phenoxy) is 1. The second-order valence-electron chi connectivity index (χ2n) is 9.37. The third-order valence-electron chi connectivity index (χ3n) is 6.23. The Morgan fingerprint density at radius 2 is 1.62 bits per heavy atom. The summed E-state index contributed by atoms with van der Waals surface area (Å²) in [5, 5.41) is 2.96. The molecule has 0 radical (unpaired) electrons. The molecule has 204 valence electrons. The van der Waals surface area contributed by atoms with Gasteiger partial charge in [0.05, 0.1) is 18.6 Å². The summed E-state index contributed by atoms with van der Waals surface area (Å²) in [6.07, 6.45) is 2.35. The highest BCUT2D eigenvalue weighted by molar-refractivity contribution is 7.92. The molecule has 9 heteroatoms. The van der Waals surface area contributed by atoms with Gasteiger partial charge < -0.3 is 15.0 Å². The molecule has 0 saturated heterocycles. The lowest BCUT2D eigenvalue weighted by Crippen LogP contribution is -2.49. The molecule has 0 aliphatic rings. The zero-order valence-corrected chi connectivity index (χ0v) is 23.7. The van der Waals surface area contributed by atoms with Gasteiger partial charge in [0.2, 0.25) is 21.8 Å². The van der Waals surface area contributed by atoms with Crippen LogP contribution < -0.4 is 14.4 Å². The van der Waals surface area contributed by atoms with Gasteiger partial charge in [0.25, 0.3) is 0 Å². The van der Waals surface area contributed by atoms with Gasteiger partial charge in [-0.1, -0.05) is 36.8 Å². The Kier molecular flexibility index (Phi) is 11.4. The SMILES string of the molecule is CCOc1ccc(N(CCCC(=O)N(Cc2ccc(C)cc2)[C@H](C)C(=O)N[C@H](C)CC)S(C)(=O)=O)cc1. The van der Waals surface area contributed by atoms with Crippen molar-refractivity contribution in [3.05, 3.63) is 59.7 Å². The van der Waals surface area contributed by atoms with E-state index in [-0.39, 0.29) is 30.8 Å². The van der Waals surface area contributed by atoms with Crippen LogP contribution in [-0.4, -0.2) is 56.6 Å². The average molecular weight is 532 g/mol. The maximum atomic E-state index is 13.4. The molecule has 2 rings (SSSR count). The zero-order chi connectivity index (χ0) is 27.6. The van der Waals surface area contributed by atoms with Crippen LogP contribution in [0.1, 0.15) is 58.1 Å². The molecule has 0 aliphatic carbocycles. The molecule has 0 unspecified atom stereocenters. The van der Waals surface area contributed by atoms with Gasteiger partial charge in [-0.25, -0.2) is 8.42 Å². The maximum Gasteiger partial charge on any atom is 0.242 e. The molecule has 0 heterocycles. The van der Waals surface area contributed by atoms with Crippen LogP contribution >= 0.6 is 0 Å². The van der Waals surface area contributed by atoms with Crippen molar-refractivity contribution in [3.8, 4) is 5.75 Å². The molecule has 2 aromatic carbocycles. The normalized spacial score (nSPS) is 12.9. The highest BCUT2D eigenvalue weighted by Crippen LogP contribution is 2.22. The number of amides is 2. The first-order chi connectivity index (χ1) is 17.5. The Hall–Kier alpha value is -3.07. The van der Waals surface area contributed by atoms with E-state index in [2.05, 4.69) is 5.32 Å². The van der Waals surface area contributed by atoms with Gasteiger partial charge in [0.1, 0.15) is 11.8 Å². The van der Waals surface area contributed by atoms with Crippen molar-refractivity contribution < 1.29 is 22.7 Å². The Balaban J connectivity index is 2.15. The third-order valence-corrected chi connectivity index (χ3v) is 7.42. The average Bonchev–Trinajstić information content (AvgIpc) is 2.85. The predicted molar refractivity (Wildman–Crippen MR) is 148 cm³/mol. The number of aryl methyl sites for hydroxylation is 1. The Bertz CT molecular complexity index is 1120. The van der Waals surface area contributed by atoms with Crippen molar-refractivity contribution in [2.45, 2.75) is 72.5 Å². The number of carbonyl (C=O) groups is 2. The molecule has 0 saturated carbocycles. The molecular formula is C28H41N3O5S. The summed E-state index contributed by atoms with van der Waals surface area (Å²) in [5.41, 5.74) is 2.55. The third kappa shape index (κ3) is 9.39. The number of sulfonamides is 1. The molecule has 2 amide bonds. The molecule has 0 spiro atoms. The molecule has 0 aliphatic heterocycles. The zero-order valence-electron chi connectivity index (χ0n) is 22.9. The summed E-state index contributed by atoms with van der Waals surface area (Å²) in [4.78, 5) is 27.8. The van der Waals surface area contributed by atoms with Crippen molar-refractivity contribution >= 4 is 27.5 Å². The summed E-state index contributed by atoms with van der Waals surface area (Å²) in [6, 6.07) is 14.0. The van der Waals surface area contributed by atoms with Gasteiger partial charge in [0.15, 0.2) is 0 Å². The predicted octanol–water partition coefficient (Wildman–Crippen LogP) is 4.27. The van der Waals surface area contributed by atoms with Crippen LogP contribution in [0.5, 0.6) is 5.75 Å². The van der Waals surface area contributed by atoms with Crippen LogP contribution in [0.15, 0.2) is 48.5 Å². The minimum absolute atomic E-state index is 0.00344. The smallest absolute Gasteiger partial charge is 0.242 e. The number of nitrogens with one attached hydrogen (secondary N) is 1.